The van der Waals surface area contributed by atoms with Crippen LogP contribution in [0.1, 0.15) is 18.2 Å². The van der Waals surface area contributed by atoms with Crippen LogP contribution < -0.4 is 16.2 Å². The largest absolute Gasteiger partial charge is 0.496 e. The summed E-state index contributed by atoms with van der Waals surface area (Å²) in [5.41, 5.74) is 13.3. The topological polar surface area (TPSA) is 74.2 Å². The third-order valence-electron chi connectivity index (χ3n) is 2.78. The standard InChI is InChI=1S/C13H17N3O.2ClH/c1-17-13-8-12(10(15)6-7-14)16-11-5-3-2-4-9(11)13;;/h2-5,8,10H,6-7,14-15H2,1H3;2*1H. The molecule has 1 aromatic heterocycles. The second-order valence-corrected chi connectivity index (χ2v) is 3.95. The Morgan fingerprint density at radius 2 is 1.95 bits per heavy atom. The van der Waals surface area contributed by atoms with Crippen molar-refractivity contribution in [3.8, 4) is 5.75 Å². The predicted molar refractivity (Wildman–Crippen MR) is 83.4 cm³/mol. The molecule has 1 aromatic carbocycles. The molecule has 0 bridgehead atoms. The maximum atomic E-state index is 6.02. The lowest BCUT2D eigenvalue weighted by molar-refractivity contribution is 0.418. The first-order chi connectivity index (χ1) is 8.26. The zero-order valence-corrected chi connectivity index (χ0v) is 12.3. The molecule has 0 aliphatic rings. The highest BCUT2D eigenvalue weighted by Gasteiger charge is 2.11. The average Bonchev–Trinajstić information content (AvgIpc) is 2.37. The van der Waals surface area contributed by atoms with E-state index in [-0.39, 0.29) is 30.9 Å². The lowest BCUT2D eigenvalue weighted by atomic mass is 10.1. The molecule has 0 radical (unpaired) electrons. The van der Waals surface area contributed by atoms with E-state index in [2.05, 4.69) is 4.98 Å². The summed E-state index contributed by atoms with van der Waals surface area (Å²) in [6, 6.07) is 9.61. The highest BCUT2D eigenvalue weighted by molar-refractivity contribution is 5.86. The van der Waals surface area contributed by atoms with Crippen molar-refractivity contribution < 1.29 is 4.74 Å². The number of fused-ring (bicyclic) bond motifs is 1. The first-order valence-electron chi connectivity index (χ1n) is 5.65. The number of hydrogen-bond donors (Lipinski definition) is 2. The summed E-state index contributed by atoms with van der Waals surface area (Å²) in [6.45, 7) is 0.554. The van der Waals surface area contributed by atoms with Gasteiger partial charge in [0.1, 0.15) is 5.75 Å². The molecule has 0 aliphatic carbocycles. The molecule has 2 aromatic rings. The number of nitrogens with zero attached hydrogens (tertiary/aromatic N) is 1. The van der Waals surface area contributed by atoms with Crippen molar-refractivity contribution in [2.24, 2.45) is 11.5 Å². The lowest BCUT2D eigenvalue weighted by Crippen LogP contribution is -2.16. The Kier molecular flexibility index (Phi) is 7.71. The Hall–Kier alpha value is -1.07. The molecule has 1 atom stereocenters. The summed E-state index contributed by atoms with van der Waals surface area (Å²) < 4.78 is 5.37. The molecule has 0 amide bonds. The smallest absolute Gasteiger partial charge is 0.130 e. The predicted octanol–water partition coefficient (Wildman–Crippen LogP) is 2.44. The second kappa shape index (κ2) is 8.17. The van der Waals surface area contributed by atoms with Crippen LogP contribution in [-0.2, 0) is 0 Å². The number of para-hydroxylation sites is 1. The molecule has 4 N–H and O–H groups in total. The van der Waals surface area contributed by atoms with Crippen LogP contribution in [0, 0.1) is 0 Å². The Labute approximate surface area is 125 Å². The molecule has 0 spiro atoms. The molecule has 1 heterocycles. The summed E-state index contributed by atoms with van der Waals surface area (Å²) in [6.07, 6.45) is 0.717. The SMILES string of the molecule is COc1cc(C(N)CCN)nc2ccccc12.Cl.Cl. The van der Waals surface area contributed by atoms with Gasteiger partial charge in [0, 0.05) is 17.5 Å². The van der Waals surface area contributed by atoms with Crippen LogP contribution in [-0.4, -0.2) is 18.6 Å². The van der Waals surface area contributed by atoms with Gasteiger partial charge in [-0.15, -0.1) is 24.8 Å². The quantitative estimate of drug-likeness (QED) is 0.910. The van der Waals surface area contributed by atoms with E-state index in [1.54, 1.807) is 7.11 Å². The fraction of sp³-hybridized carbons (Fsp3) is 0.308. The average molecular weight is 304 g/mol. The number of halogens is 2. The molecule has 19 heavy (non-hydrogen) atoms. The first-order valence-corrected chi connectivity index (χ1v) is 5.65. The summed E-state index contributed by atoms with van der Waals surface area (Å²) in [5, 5.41) is 0.999. The van der Waals surface area contributed by atoms with Gasteiger partial charge in [0.25, 0.3) is 0 Å². The van der Waals surface area contributed by atoms with Crippen LogP contribution in [0.5, 0.6) is 5.75 Å². The molecular weight excluding hydrogens is 285 g/mol. The summed E-state index contributed by atoms with van der Waals surface area (Å²) in [7, 11) is 1.65. The highest BCUT2D eigenvalue weighted by Crippen LogP contribution is 2.27. The Balaban J connectivity index is 0.00000162. The van der Waals surface area contributed by atoms with E-state index >= 15 is 0 Å². The van der Waals surface area contributed by atoms with Crippen LogP contribution >= 0.6 is 24.8 Å². The van der Waals surface area contributed by atoms with Gasteiger partial charge in [0.05, 0.1) is 18.3 Å². The molecule has 0 saturated heterocycles. The minimum absolute atomic E-state index is 0. The van der Waals surface area contributed by atoms with Gasteiger partial charge in [-0.1, -0.05) is 12.1 Å². The minimum Gasteiger partial charge on any atom is -0.496 e. The molecule has 106 valence electrons. The van der Waals surface area contributed by atoms with Crippen molar-refractivity contribution in [3.63, 3.8) is 0 Å². The first kappa shape index (κ1) is 17.9. The van der Waals surface area contributed by atoms with Gasteiger partial charge in [-0.05, 0) is 25.1 Å². The number of rotatable bonds is 4. The maximum Gasteiger partial charge on any atom is 0.130 e. The van der Waals surface area contributed by atoms with E-state index in [1.165, 1.54) is 0 Å². The lowest BCUT2D eigenvalue weighted by Gasteiger charge is -2.13. The second-order valence-electron chi connectivity index (χ2n) is 3.95. The molecule has 0 saturated carbocycles. The molecule has 4 nitrogen and oxygen atoms in total. The number of aromatic nitrogens is 1. The Morgan fingerprint density at radius 3 is 2.58 bits per heavy atom. The Morgan fingerprint density at radius 1 is 1.26 bits per heavy atom. The minimum atomic E-state index is -0.140. The summed E-state index contributed by atoms with van der Waals surface area (Å²) in [4.78, 5) is 4.54. The number of hydrogen-bond acceptors (Lipinski definition) is 4. The van der Waals surface area contributed by atoms with Crippen molar-refractivity contribution in [2.75, 3.05) is 13.7 Å². The van der Waals surface area contributed by atoms with E-state index < -0.39 is 0 Å². The molecule has 0 aliphatic heterocycles. The molecular formula is C13H19Cl2N3O. The van der Waals surface area contributed by atoms with Crippen LogP contribution in [0.3, 0.4) is 0 Å². The van der Waals surface area contributed by atoms with Gasteiger partial charge < -0.3 is 16.2 Å². The fourth-order valence-corrected chi connectivity index (χ4v) is 1.85. The van der Waals surface area contributed by atoms with Gasteiger partial charge >= 0.3 is 0 Å². The van der Waals surface area contributed by atoms with E-state index in [4.69, 9.17) is 16.2 Å². The zero-order chi connectivity index (χ0) is 12.3. The number of nitrogens with two attached hydrogens (primary N) is 2. The van der Waals surface area contributed by atoms with Crippen molar-refractivity contribution in [1.82, 2.24) is 4.98 Å². The van der Waals surface area contributed by atoms with Gasteiger partial charge in [0.2, 0.25) is 0 Å². The van der Waals surface area contributed by atoms with Crippen molar-refractivity contribution in [2.45, 2.75) is 12.5 Å². The third kappa shape index (κ3) is 3.94. The summed E-state index contributed by atoms with van der Waals surface area (Å²) >= 11 is 0. The fourth-order valence-electron chi connectivity index (χ4n) is 1.85. The molecule has 6 heteroatoms. The van der Waals surface area contributed by atoms with Crippen molar-refractivity contribution in [1.29, 1.82) is 0 Å². The molecule has 1 unspecified atom stereocenters. The van der Waals surface area contributed by atoms with E-state index in [0.29, 0.717) is 13.0 Å². The molecule has 2 rings (SSSR count). The van der Waals surface area contributed by atoms with Crippen LogP contribution in [0.25, 0.3) is 10.9 Å². The summed E-state index contributed by atoms with van der Waals surface area (Å²) in [5.74, 6) is 0.804. The highest BCUT2D eigenvalue weighted by atomic mass is 35.5. The van der Waals surface area contributed by atoms with Gasteiger partial charge in [-0.3, -0.25) is 4.98 Å². The van der Waals surface area contributed by atoms with Crippen LogP contribution in [0.15, 0.2) is 30.3 Å². The number of pyridine rings is 1. The normalized spacial score (nSPS) is 11.3. The number of ether oxygens (including phenoxy) is 1. The number of benzene rings is 1. The Bertz CT molecular complexity index is 522. The van der Waals surface area contributed by atoms with Gasteiger partial charge in [0.15, 0.2) is 0 Å². The van der Waals surface area contributed by atoms with Gasteiger partial charge in [-0.25, -0.2) is 0 Å². The third-order valence-corrected chi connectivity index (χ3v) is 2.78. The van der Waals surface area contributed by atoms with Crippen molar-refractivity contribution in [3.05, 3.63) is 36.0 Å². The number of methoxy groups -OCH3 is 1. The molecule has 0 fully saturated rings. The monoisotopic (exact) mass is 303 g/mol. The van der Waals surface area contributed by atoms with E-state index in [1.807, 2.05) is 30.3 Å². The van der Waals surface area contributed by atoms with Crippen LogP contribution in [0.4, 0.5) is 0 Å². The maximum absolute atomic E-state index is 6.02. The van der Waals surface area contributed by atoms with E-state index in [0.717, 1.165) is 22.3 Å². The zero-order valence-electron chi connectivity index (χ0n) is 10.7. The van der Waals surface area contributed by atoms with Gasteiger partial charge in [-0.2, -0.15) is 0 Å². The van der Waals surface area contributed by atoms with Crippen LogP contribution in [0.2, 0.25) is 0 Å². The van der Waals surface area contributed by atoms with Crippen molar-refractivity contribution >= 4 is 35.7 Å². The van der Waals surface area contributed by atoms with E-state index in [9.17, 15) is 0 Å².